The van der Waals surface area contributed by atoms with Crippen molar-refractivity contribution in [3.8, 4) is 11.5 Å². The summed E-state index contributed by atoms with van der Waals surface area (Å²) in [6.07, 6.45) is 0.728. The van der Waals surface area contributed by atoms with E-state index in [-0.39, 0.29) is 12.7 Å². The molecule has 2 aromatic carbocycles. The molecule has 1 N–H and O–H groups in total. The smallest absolute Gasteiger partial charge is 0.271 e. The van der Waals surface area contributed by atoms with E-state index in [0.29, 0.717) is 17.1 Å². The monoisotopic (exact) mass is 296 g/mol. The van der Waals surface area contributed by atoms with Gasteiger partial charge in [0.1, 0.15) is 0 Å². The highest BCUT2D eigenvalue weighted by molar-refractivity contribution is 6.02. The molecule has 0 aliphatic carbocycles. The lowest BCUT2D eigenvalue weighted by Gasteiger charge is -2.05. The van der Waals surface area contributed by atoms with Crippen LogP contribution in [0.1, 0.15) is 29.3 Å². The lowest BCUT2D eigenvalue weighted by molar-refractivity contribution is 0.0954. The molecule has 112 valence electrons. The van der Waals surface area contributed by atoms with Gasteiger partial charge in [-0.05, 0) is 30.2 Å². The molecule has 2 aromatic rings. The number of nitrogens with one attached hydrogen (secondary N) is 1. The fraction of sp³-hybridized carbons (Fsp3) is 0.176. The van der Waals surface area contributed by atoms with Gasteiger partial charge in [-0.25, -0.2) is 5.43 Å². The second-order valence-corrected chi connectivity index (χ2v) is 4.79. The zero-order valence-corrected chi connectivity index (χ0v) is 12.2. The minimum Gasteiger partial charge on any atom is -0.454 e. The Balaban J connectivity index is 1.75. The number of nitrogens with zero attached hydrogens (tertiary/aromatic N) is 1. The van der Waals surface area contributed by atoms with Gasteiger partial charge in [-0.1, -0.05) is 37.3 Å². The molecular formula is C17H16N2O3. The van der Waals surface area contributed by atoms with Crippen molar-refractivity contribution in [1.29, 1.82) is 0 Å². The maximum atomic E-state index is 12.2. The van der Waals surface area contributed by atoms with Crippen molar-refractivity contribution in [3.63, 3.8) is 0 Å². The van der Waals surface area contributed by atoms with Gasteiger partial charge in [-0.15, -0.1) is 0 Å². The standard InChI is InChI=1S/C17H16N2O3/c1-2-14(12-6-4-3-5-7-12)18-19-17(20)13-8-9-15-16(10-13)22-11-21-15/h3-10H,2,11H2,1H3,(H,19,20). The molecule has 1 amide bonds. The predicted octanol–water partition coefficient (Wildman–Crippen LogP) is 2.96. The van der Waals surface area contributed by atoms with Gasteiger partial charge in [0.25, 0.3) is 5.91 Å². The van der Waals surface area contributed by atoms with Crippen LogP contribution < -0.4 is 14.9 Å². The van der Waals surface area contributed by atoms with Crippen LogP contribution in [0.4, 0.5) is 0 Å². The first kappa shape index (κ1) is 14.1. The first-order valence-electron chi connectivity index (χ1n) is 7.10. The summed E-state index contributed by atoms with van der Waals surface area (Å²) in [5, 5.41) is 4.23. The SMILES string of the molecule is CCC(=NNC(=O)c1ccc2c(c1)OCO2)c1ccccc1. The van der Waals surface area contributed by atoms with Gasteiger partial charge < -0.3 is 9.47 Å². The van der Waals surface area contributed by atoms with E-state index in [4.69, 9.17) is 9.47 Å². The Morgan fingerprint density at radius 2 is 1.86 bits per heavy atom. The Morgan fingerprint density at radius 3 is 2.64 bits per heavy atom. The van der Waals surface area contributed by atoms with Gasteiger partial charge >= 0.3 is 0 Å². The molecule has 0 bridgehead atoms. The summed E-state index contributed by atoms with van der Waals surface area (Å²) in [6.45, 7) is 2.19. The van der Waals surface area contributed by atoms with Crippen molar-refractivity contribution >= 4 is 11.6 Å². The van der Waals surface area contributed by atoms with E-state index in [9.17, 15) is 4.79 Å². The average molecular weight is 296 g/mol. The first-order chi connectivity index (χ1) is 10.8. The normalized spacial score (nSPS) is 13.0. The molecule has 0 saturated carbocycles. The molecule has 1 heterocycles. The van der Waals surface area contributed by atoms with Gasteiger partial charge in [-0.3, -0.25) is 4.79 Å². The van der Waals surface area contributed by atoms with Crippen LogP contribution in [0.3, 0.4) is 0 Å². The Bertz CT molecular complexity index is 711. The minimum atomic E-state index is -0.278. The Hall–Kier alpha value is -2.82. The molecule has 0 saturated heterocycles. The molecule has 0 fully saturated rings. The highest BCUT2D eigenvalue weighted by Crippen LogP contribution is 2.32. The van der Waals surface area contributed by atoms with Crippen molar-refractivity contribution in [3.05, 3.63) is 59.7 Å². The van der Waals surface area contributed by atoms with E-state index in [1.165, 1.54) is 0 Å². The summed E-state index contributed by atoms with van der Waals surface area (Å²) < 4.78 is 10.5. The molecule has 1 aliphatic rings. The summed E-state index contributed by atoms with van der Waals surface area (Å²) in [4.78, 5) is 12.2. The van der Waals surface area contributed by atoms with Crippen LogP contribution in [-0.2, 0) is 0 Å². The van der Waals surface area contributed by atoms with Crippen LogP contribution >= 0.6 is 0 Å². The highest BCUT2D eigenvalue weighted by Gasteiger charge is 2.16. The topological polar surface area (TPSA) is 59.9 Å². The van der Waals surface area contributed by atoms with Crippen LogP contribution in [-0.4, -0.2) is 18.4 Å². The maximum Gasteiger partial charge on any atom is 0.271 e. The number of carbonyl (C=O) groups is 1. The molecule has 0 atom stereocenters. The van der Waals surface area contributed by atoms with Crippen molar-refractivity contribution in [2.24, 2.45) is 5.10 Å². The zero-order chi connectivity index (χ0) is 15.4. The molecule has 0 aromatic heterocycles. The molecule has 0 unspecified atom stereocenters. The number of hydrogen-bond acceptors (Lipinski definition) is 4. The van der Waals surface area contributed by atoms with Crippen molar-refractivity contribution < 1.29 is 14.3 Å². The third kappa shape index (κ3) is 2.93. The molecule has 5 heteroatoms. The van der Waals surface area contributed by atoms with Crippen molar-refractivity contribution in [2.45, 2.75) is 13.3 Å². The quantitative estimate of drug-likeness (QED) is 0.697. The molecule has 1 aliphatic heterocycles. The first-order valence-corrected chi connectivity index (χ1v) is 7.10. The second-order valence-electron chi connectivity index (χ2n) is 4.79. The number of ether oxygens (including phenoxy) is 2. The Morgan fingerprint density at radius 1 is 1.09 bits per heavy atom. The van der Waals surface area contributed by atoms with E-state index >= 15 is 0 Å². The lowest BCUT2D eigenvalue weighted by Crippen LogP contribution is -2.19. The maximum absolute atomic E-state index is 12.2. The third-order valence-corrected chi connectivity index (χ3v) is 3.37. The Labute approximate surface area is 128 Å². The summed E-state index contributed by atoms with van der Waals surface area (Å²) in [7, 11) is 0. The lowest BCUT2D eigenvalue weighted by atomic mass is 10.1. The zero-order valence-electron chi connectivity index (χ0n) is 12.2. The van der Waals surface area contributed by atoms with E-state index < -0.39 is 0 Å². The summed E-state index contributed by atoms with van der Waals surface area (Å²) >= 11 is 0. The summed E-state index contributed by atoms with van der Waals surface area (Å²) in [6, 6.07) is 14.8. The molecule has 5 nitrogen and oxygen atoms in total. The minimum absolute atomic E-state index is 0.187. The van der Waals surface area contributed by atoms with Crippen molar-refractivity contribution in [1.82, 2.24) is 5.43 Å². The summed E-state index contributed by atoms with van der Waals surface area (Å²) in [5.41, 5.74) is 4.90. The summed E-state index contributed by atoms with van der Waals surface area (Å²) in [5.74, 6) is 0.953. The number of rotatable bonds is 4. The number of carbonyl (C=O) groups excluding carboxylic acids is 1. The molecular weight excluding hydrogens is 280 g/mol. The average Bonchev–Trinajstić information content (AvgIpc) is 3.03. The molecule has 0 radical (unpaired) electrons. The third-order valence-electron chi connectivity index (χ3n) is 3.37. The van der Waals surface area contributed by atoms with E-state index in [1.807, 2.05) is 37.3 Å². The Kier molecular flexibility index (Phi) is 4.05. The van der Waals surface area contributed by atoms with Crippen LogP contribution in [0.5, 0.6) is 11.5 Å². The van der Waals surface area contributed by atoms with Crippen LogP contribution in [0.15, 0.2) is 53.6 Å². The molecule has 0 spiro atoms. The molecule has 3 rings (SSSR count). The number of benzene rings is 2. The van der Waals surface area contributed by atoms with Crippen molar-refractivity contribution in [2.75, 3.05) is 6.79 Å². The van der Waals surface area contributed by atoms with Gasteiger partial charge in [-0.2, -0.15) is 5.10 Å². The van der Waals surface area contributed by atoms with Gasteiger partial charge in [0.15, 0.2) is 11.5 Å². The second kappa shape index (κ2) is 6.30. The molecule has 22 heavy (non-hydrogen) atoms. The number of hydrazone groups is 1. The fourth-order valence-electron chi connectivity index (χ4n) is 2.20. The fourth-order valence-corrected chi connectivity index (χ4v) is 2.20. The van der Waals surface area contributed by atoms with Crippen LogP contribution in [0.25, 0.3) is 0 Å². The van der Waals surface area contributed by atoms with E-state index in [1.54, 1.807) is 18.2 Å². The number of hydrogen-bond donors (Lipinski definition) is 1. The van der Waals surface area contributed by atoms with E-state index in [0.717, 1.165) is 17.7 Å². The van der Waals surface area contributed by atoms with Crippen LogP contribution in [0.2, 0.25) is 0 Å². The van der Waals surface area contributed by atoms with Gasteiger partial charge in [0, 0.05) is 5.56 Å². The van der Waals surface area contributed by atoms with Gasteiger partial charge in [0.05, 0.1) is 5.71 Å². The van der Waals surface area contributed by atoms with Gasteiger partial charge in [0.2, 0.25) is 6.79 Å². The highest BCUT2D eigenvalue weighted by atomic mass is 16.7. The number of amides is 1. The number of fused-ring (bicyclic) bond motifs is 1. The van der Waals surface area contributed by atoms with Crippen LogP contribution in [0, 0.1) is 0 Å². The largest absolute Gasteiger partial charge is 0.454 e. The van der Waals surface area contributed by atoms with E-state index in [2.05, 4.69) is 10.5 Å². The predicted molar refractivity (Wildman–Crippen MR) is 83.3 cm³/mol.